The maximum Gasteiger partial charge on any atom is 0.410 e. The minimum absolute atomic E-state index is 0.0974. The average molecular weight is 435 g/mol. The summed E-state index contributed by atoms with van der Waals surface area (Å²) < 4.78 is 25.1. The number of benzene rings is 1. The van der Waals surface area contributed by atoms with E-state index < -0.39 is 11.4 Å². The number of aromatic nitrogens is 1. The Morgan fingerprint density at radius 1 is 1.27 bits per heavy atom. The summed E-state index contributed by atoms with van der Waals surface area (Å²) in [5.74, 6) is -0.371. The summed E-state index contributed by atoms with van der Waals surface area (Å²) in [5, 5.41) is 2.92. The van der Waals surface area contributed by atoms with Gasteiger partial charge in [0.15, 0.2) is 17.3 Å². The molecular formula is C22H27FN2O4S. The van der Waals surface area contributed by atoms with Crippen molar-refractivity contribution in [1.82, 2.24) is 9.88 Å². The van der Waals surface area contributed by atoms with Gasteiger partial charge in [0.2, 0.25) is 0 Å². The highest BCUT2D eigenvalue weighted by atomic mass is 32.1. The van der Waals surface area contributed by atoms with Gasteiger partial charge in [0.1, 0.15) is 12.2 Å². The third-order valence-electron chi connectivity index (χ3n) is 4.78. The molecule has 1 fully saturated rings. The largest absolute Gasteiger partial charge is 0.484 e. The van der Waals surface area contributed by atoms with Gasteiger partial charge in [-0.25, -0.2) is 14.2 Å². The molecule has 0 N–H and O–H groups in total. The number of halogens is 1. The molecule has 1 aromatic heterocycles. The van der Waals surface area contributed by atoms with Gasteiger partial charge in [-0.05, 0) is 58.7 Å². The molecule has 8 heteroatoms. The van der Waals surface area contributed by atoms with E-state index in [4.69, 9.17) is 9.47 Å². The Morgan fingerprint density at radius 2 is 1.97 bits per heavy atom. The molecule has 0 spiro atoms. The van der Waals surface area contributed by atoms with Crippen LogP contribution >= 0.6 is 11.3 Å². The molecule has 1 amide bonds. The van der Waals surface area contributed by atoms with E-state index in [1.165, 1.54) is 19.1 Å². The summed E-state index contributed by atoms with van der Waals surface area (Å²) in [5.41, 5.74) is 0.553. The molecule has 30 heavy (non-hydrogen) atoms. The molecule has 1 aliphatic rings. The number of hydrogen-bond acceptors (Lipinski definition) is 6. The van der Waals surface area contributed by atoms with Gasteiger partial charge < -0.3 is 14.4 Å². The Morgan fingerprint density at radius 3 is 2.57 bits per heavy atom. The van der Waals surface area contributed by atoms with Crippen LogP contribution in [0.25, 0.3) is 0 Å². The number of piperidine rings is 1. The Kier molecular flexibility index (Phi) is 6.75. The Balaban J connectivity index is 1.52. The van der Waals surface area contributed by atoms with Crippen LogP contribution in [0.3, 0.4) is 0 Å². The van der Waals surface area contributed by atoms with Crippen molar-refractivity contribution in [2.24, 2.45) is 0 Å². The first kappa shape index (κ1) is 22.2. The first-order chi connectivity index (χ1) is 14.1. The molecule has 2 aromatic rings. The zero-order valence-electron chi connectivity index (χ0n) is 17.7. The fraction of sp³-hybridized carbons (Fsp3) is 0.500. The van der Waals surface area contributed by atoms with E-state index in [-0.39, 0.29) is 30.2 Å². The van der Waals surface area contributed by atoms with Crippen LogP contribution < -0.4 is 4.74 Å². The molecule has 1 aliphatic heterocycles. The van der Waals surface area contributed by atoms with Gasteiger partial charge >= 0.3 is 6.09 Å². The fourth-order valence-corrected chi connectivity index (χ4v) is 4.18. The predicted octanol–water partition coefficient (Wildman–Crippen LogP) is 5.18. The van der Waals surface area contributed by atoms with Gasteiger partial charge in [0, 0.05) is 30.0 Å². The number of Topliss-reactive ketones (excluding diaryl/α,β-unsaturated/α-hetero) is 1. The Bertz CT molecular complexity index is 914. The van der Waals surface area contributed by atoms with Gasteiger partial charge in [0.05, 0.1) is 10.7 Å². The maximum atomic E-state index is 14.1. The van der Waals surface area contributed by atoms with Crippen molar-refractivity contribution in [3.8, 4) is 5.75 Å². The van der Waals surface area contributed by atoms with Crippen LogP contribution in [0.4, 0.5) is 9.18 Å². The average Bonchev–Trinajstić information content (AvgIpc) is 3.14. The second-order valence-corrected chi connectivity index (χ2v) is 9.30. The monoisotopic (exact) mass is 434 g/mol. The van der Waals surface area contributed by atoms with Crippen LogP contribution in [0.1, 0.15) is 67.5 Å². The van der Waals surface area contributed by atoms with Gasteiger partial charge in [-0.2, -0.15) is 0 Å². The van der Waals surface area contributed by atoms with Crippen molar-refractivity contribution in [1.29, 1.82) is 0 Å². The van der Waals surface area contributed by atoms with Crippen molar-refractivity contribution < 1.29 is 23.5 Å². The fourth-order valence-electron chi connectivity index (χ4n) is 3.20. The lowest BCUT2D eigenvalue weighted by molar-refractivity contribution is 0.0204. The number of likely N-dealkylation sites (tertiary alicyclic amines) is 1. The van der Waals surface area contributed by atoms with Crippen molar-refractivity contribution in [2.45, 2.75) is 58.7 Å². The highest BCUT2D eigenvalue weighted by Crippen LogP contribution is 2.31. The molecule has 2 heterocycles. The van der Waals surface area contributed by atoms with Crippen molar-refractivity contribution in [3.63, 3.8) is 0 Å². The molecule has 0 aliphatic carbocycles. The normalized spacial score (nSPS) is 15.2. The third-order valence-corrected chi connectivity index (χ3v) is 5.84. The van der Waals surface area contributed by atoms with Gasteiger partial charge in [-0.3, -0.25) is 4.79 Å². The minimum atomic E-state index is -0.562. The molecule has 6 nitrogen and oxygen atoms in total. The first-order valence-electron chi connectivity index (χ1n) is 9.98. The van der Waals surface area contributed by atoms with Crippen molar-refractivity contribution in [3.05, 3.63) is 45.7 Å². The summed E-state index contributed by atoms with van der Waals surface area (Å²) in [7, 11) is 0. The van der Waals surface area contributed by atoms with Crippen molar-refractivity contribution in [2.75, 3.05) is 13.1 Å². The number of ether oxygens (including phenoxy) is 2. The third kappa shape index (κ3) is 5.78. The summed E-state index contributed by atoms with van der Waals surface area (Å²) in [4.78, 5) is 29.9. The summed E-state index contributed by atoms with van der Waals surface area (Å²) in [6.45, 7) is 8.41. The number of nitrogens with zero attached hydrogens (tertiary/aromatic N) is 2. The molecule has 3 rings (SSSR count). The zero-order chi connectivity index (χ0) is 21.9. The highest BCUT2D eigenvalue weighted by molar-refractivity contribution is 7.09. The Hall–Kier alpha value is -2.48. The molecule has 0 atom stereocenters. The van der Waals surface area contributed by atoms with Crippen LogP contribution in [-0.4, -0.2) is 40.5 Å². The highest BCUT2D eigenvalue weighted by Gasteiger charge is 2.28. The van der Waals surface area contributed by atoms with E-state index in [9.17, 15) is 14.0 Å². The lowest BCUT2D eigenvalue weighted by Crippen LogP contribution is -2.41. The molecular weight excluding hydrogens is 407 g/mol. The number of amides is 1. The number of carbonyl (C=O) groups excluding carboxylic acids is 2. The molecule has 0 radical (unpaired) electrons. The molecule has 0 bridgehead atoms. The lowest BCUT2D eigenvalue weighted by atomic mass is 9.98. The second-order valence-electron chi connectivity index (χ2n) is 8.41. The van der Waals surface area contributed by atoms with Crippen LogP contribution in [0.2, 0.25) is 0 Å². The SMILES string of the molecule is CC(=O)c1ccc(OCc2csc(C3CCN(C(=O)OC(C)(C)C)CC3)n2)c(F)c1. The quantitative estimate of drug-likeness (QED) is 0.607. The van der Waals surface area contributed by atoms with Crippen LogP contribution in [-0.2, 0) is 11.3 Å². The van der Waals surface area contributed by atoms with E-state index >= 15 is 0 Å². The number of ketones is 1. The van der Waals surface area contributed by atoms with E-state index in [2.05, 4.69) is 4.98 Å². The standard InChI is InChI=1S/C22H27FN2O4S/c1-14(26)16-5-6-19(18(23)11-16)28-12-17-13-30-20(24-17)15-7-9-25(10-8-15)21(27)29-22(2,3)4/h5-6,11,13,15H,7-10,12H2,1-4H3. The van der Waals surface area contributed by atoms with Crippen LogP contribution in [0.5, 0.6) is 5.75 Å². The molecule has 0 saturated carbocycles. The molecule has 0 unspecified atom stereocenters. The van der Waals surface area contributed by atoms with E-state index in [1.807, 2.05) is 26.2 Å². The van der Waals surface area contributed by atoms with Gasteiger partial charge in [-0.15, -0.1) is 11.3 Å². The number of carbonyl (C=O) groups is 2. The van der Waals surface area contributed by atoms with E-state index in [1.54, 1.807) is 22.3 Å². The van der Waals surface area contributed by atoms with Gasteiger partial charge in [-0.1, -0.05) is 0 Å². The smallest absolute Gasteiger partial charge is 0.410 e. The van der Waals surface area contributed by atoms with Crippen molar-refractivity contribution >= 4 is 23.2 Å². The molecule has 1 aromatic carbocycles. The summed E-state index contributed by atoms with van der Waals surface area (Å²) in [6.07, 6.45) is 1.38. The van der Waals surface area contributed by atoms with Gasteiger partial charge in [0.25, 0.3) is 0 Å². The second kappa shape index (κ2) is 9.12. The van der Waals surface area contributed by atoms with Crippen LogP contribution in [0, 0.1) is 5.82 Å². The minimum Gasteiger partial charge on any atom is -0.484 e. The molecule has 162 valence electrons. The maximum absolute atomic E-state index is 14.1. The predicted molar refractivity (Wildman–Crippen MR) is 113 cm³/mol. The summed E-state index contributed by atoms with van der Waals surface area (Å²) >= 11 is 1.56. The molecule has 1 saturated heterocycles. The Labute approximate surface area is 180 Å². The summed E-state index contributed by atoms with van der Waals surface area (Å²) in [6, 6.07) is 4.19. The number of hydrogen-bond donors (Lipinski definition) is 0. The van der Waals surface area contributed by atoms with Crippen LogP contribution in [0.15, 0.2) is 23.6 Å². The lowest BCUT2D eigenvalue weighted by Gasteiger charge is -2.32. The number of thiazole rings is 1. The topological polar surface area (TPSA) is 68.7 Å². The zero-order valence-corrected chi connectivity index (χ0v) is 18.6. The van der Waals surface area contributed by atoms with E-state index in [0.29, 0.717) is 18.7 Å². The number of rotatable bonds is 5. The first-order valence-corrected chi connectivity index (χ1v) is 10.9. The van der Waals surface area contributed by atoms with E-state index in [0.717, 1.165) is 23.5 Å².